The average Bonchev–Trinajstić information content (AvgIpc) is 2.34. The Labute approximate surface area is 101 Å². The average molecular weight is 235 g/mol. The molecule has 1 aromatic rings. The highest BCUT2D eigenvalue weighted by molar-refractivity contribution is 7.80. The van der Waals surface area contributed by atoms with Crippen LogP contribution in [0.4, 0.5) is 0 Å². The molecule has 0 radical (unpaired) electrons. The lowest BCUT2D eigenvalue weighted by molar-refractivity contribution is 0.326. The normalized spacial score (nSPS) is 10.1. The fraction of sp³-hybridized carbons (Fsp3) is 0.250. The summed E-state index contributed by atoms with van der Waals surface area (Å²) in [5, 5.41) is 8.73. The van der Waals surface area contributed by atoms with E-state index < -0.39 is 0 Å². The van der Waals surface area contributed by atoms with Crippen molar-refractivity contribution in [2.75, 3.05) is 19.5 Å². The first-order valence-electron chi connectivity index (χ1n) is 4.78. The van der Waals surface area contributed by atoms with Gasteiger partial charge in [0.05, 0.1) is 18.7 Å². The molecule has 84 valence electrons. The van der Waals surface area contributed by atoms with Gasteiger partial charge in [0.25, 0.3) is 0 Å². The Hall–Kier alpha value is -1.60. The van der Waals surface area contributed by atoms with Crippen molar-refractivity contribution in [3.05, 3.63) is 35.9 Å². The summed E-state index contributed by atoms with van der Waals surface area (Å²) in [6, 6.07) is 7.12. The summed E-state index contributed by atoms with van der Waals surface area (Å²) in [6.07, 6.45) is 3.78. The Balaban J connectivity index is 2.72. The van der Waals surface area contributed by atoms with Crippen molar-refractivity contribution in [3.63, 3.8) is 0 Å². The molecule has 0 aliphatic carbocycles. The number of ether oxygens (including phenoxy) is 2. The zero-order valence-corrected chi connectivity index (χ0v) is 9.91. The third kappa shape index (κ3) is 3.52. The van der Waals surface area contributed by atoms with E-state index in [4.69, 9.17) is 14.7 Å². The van der Waals surface area contributed by atoms with E-state index in [-0.39, 0.29) is 0 Å². The molecule has 16 heavy (non-hydrogen) atoms. The lowest BCUT2D eigenvalue weighted by Crippen LogP contribution is -1.97. The molecule has 1 aromatic carbocycles. The van der Waals surface area contributed by atoms with E-state index >= 15 is 0 Å². The molecule has 0 fully saturated rings. The van der Waals surface area contributed by atoms with Gasteiger partial charge in [0.2, 0.25) is 0 Å². The summed E-state index contributed by atoms with van der Waals surface area (Å²) in [7, 11) is 1.55. The Bertz CT molecular complexity index is 410. The second-order valence-electron chi connectivity index (χ2n) is 2.94. The van der Waals surface area contributed by atoms with Gasteiger partial charge in [-0.25, -0.2) is 0 Å². The zero-order valence-electron chi connectivity index (χ0n) is 9.01. The van der Waals surface area contributed by atoms with Gasteiger partial charge in [-0.15, -0.1) is 0 Å². The second-order valence-corrected chi connectivity index (χ2v) is 3.31. The lowest BCUT2D eigenvalue weighted by Gasteiger charge is -2.08. The molecule has 0 amide bonds. The fourth-order valence-electron chi connectivity index (χ4n) is 1.14. The second kappa shape index (κ2) is 6.81. The molecule has 1 rings (SSSR count). The van der Waals surface area contributed by atoms with Crippen molar-refractivity contribution >= 4 is 12.6 Å². The first-order chi connectivity index (χ1) is 7.81. The van der Waals surface area contributed by atoms with Crippen LogP contribution in [0.2, 0.25) is 0 Å². The first kappa shape index (κ1) is 12.5. The number of nitriles is 1. The van der Waals surface area contributed by atoms with Crippen molar-refractivity contribution in [3.8, 4) is 17.6 Å². The summed E-state index contributed by atoms with van der Waals surface area (Å²) in [6.45, 7) is 0.461. The van der Waals surface area contributed by atoms with Gasteiger partial charge < -0.3 is 9.47 Å². The molecule has 0 spiro atoms. The monoisotopic (exact) mass is 235 g/mol. The topological polar surface area (TPSA) is 42.2 Å². The molecular formula is C12H13NO2S. The van der Waals surface area contributed by atoms with Crippen molar-refractivity contribution < 1.29 is 9.47 Å². The van der Waals surface area contributed by atoms with Crippen molar-refractivity contribution in [1.29, 1.82) is 5.26 Å². The van der Waals surface area contributed by atoms with Crippen LogP contribution in [-0.4, -0.2) is 19.5 Å². The standard InChI is InChI=1S/C12H13NO2S/c1-14-12-8-10(9-13)4-5-11(12)15-6-2-3-7-16/h2-5,8,16H,6-7H2,1H3. The van der Waals surface area contributed by atoms with Crippen LogP contribution < -0.4 is 9.47 Å². The van der Waals surface area contributed by atoms with Crippen LogP contribution in [0.25, 0.3) is 0 Å². The molecule has 0 saturated carbocycles. The maximum Gasteiger partial charge on any atom is 0.162 e. The van der Waals surface area contributed by atoms with Gasteiger partial charge in [-0.2, -0.15) is 17.9 Å². The van der Waals surface area contributed by atoms with Gasteiger partial charge in [0, 0.05) is 11.8 Å². The largest absolute Gasteiger partial charge is 0.493 e. The SMILES string of the molecule is COc1cc(C#N)ccc1OCC=CCS. The molecule has 0 heterocycles. The zero-order chi connectivity index (χ0) is 11.8. The molecule has 0 unspecified atom stereocenters. The molecule has 4 heteroatoms. The first-order valence-corrected chi connectivity index (χ1v) is 5.42. The van der Waals surface area contributed by atoms with E-state index in [0.29, 0.717) is 29.4 Å². The van der Waals surface area contributed by atoms with E-state index in [0.717, 1.165) is 0 Å². The maximum absolute atomic E-state index is 8.73. The minimum absolute atomic E-state index is 0.461. The molecule has 0 bridgehead atoms. The van der Waals surface area contributed by atoms with Gasteiger partial charge in [0.15, 0.2) is 11.5 Å². The van der Waals surface area contributed by atoms with Crippen LogP contribution in [0.1, 0.15) is 5.56 Å². The predicted octanol–water partition coefficient (Wildman–Crippen LogP) is 2.43. The smallest absolute Gasteiger partial charge is 0.162 e. The molecule has 0 aromatic heterocycles. The molecule has 3 nitrogen and oxygen atoms in total. The fourth-order valence-corrected chi connectivity index (χ4v) is 1.29. The van der Waals surface area contributed by atoms with Crippen LogP contribution in [0, 0.1) is 11.3 Å². The number of methoxy groups -OCH3 is 1. The highest BCUT2D eigenvalue weighted by Gasteiger charge is 2.04. The van der Waals surface area contributed by atoms with Crippen LogP contribution in [0.15, 0.2) is 30.4 Å². The summed E-state index contributed by atoms with van der Waals surface area (Å²) in [4.78, 5) is 0. The van der Waals surface area contributed by atoms with E-state index in [1.54, 1.807) is 25.3 Å². The highest BCUT2D eigenvalue weighted by Crippen LogP contribution is 2.27. The van der Waals surface area contributed by atoms with Crippen LogP contribution in [-0.2, 0) is 0 Å². The summed E-state index contributed by atoms with van der Waals surface area (Å²) in [5.41, 5.74) is 0.551. The van der Waals surface area contributed by atoms with Gasteiger partial charge in [-0.05, 0) is 12.1 Å². The van der Waals surface area contributed by atoms with Crippen LogP contribution in [0.5, 0.6) is 11.5 Å². The molecular weight excluding hydrogens is 222 g/mol. The Morgan fingerprint density at radius 2 is 2.19 bits per heavy atom. The van der Waals surface area contributed by atoms with Gasteiger partial charge in [-0.3, -0.25) is 0 Å². The Morgan fingerprint density at radius 3 is 2.81 bits per heavy atom. The molecule has 0 aliphatic heterocycles. The maximum atomic E-state index is 8.73. The van der Waals surface area contributed by atoms with E-state index in [1.165, 1.54) is 0 Å². The number of hydrogen-bond acceptors (Lipinski definition) is 4. The van der Waals surface area contributed by atoms with Crippen molar-refractivity contribution in [2.45, 2.75) is 0 Å². The minimum atomic E-state index is 0.461. The minimum Gasteiger partial charge on any atom is -0.493 e. The lowest BCUT2D eigenvalue weighted by atomic mass is 10.2. The summed E-state index contributed by atoms with van der Waals surface area (Å²) >= 11 is 4.04. The van der Waals surface area contributed by atoms with E-state index in [9.17, 15) is 0 Å². The third-order valence-corrected chi connectivity index (χ3v) is 2.11. The predicted molar refractivity (Wildman–Crippen MR) is 66.2 cm³/mol. The van der Waals surface area contributed by atoms with Gasteiger partial charge >= 0.3 is 0 Å². The summed E-state index contributed by atoms with van der Waals surface area (Å²) < 4.78 is 10.6. The molecule has 0 N–H and O–H groups in total. The number of hydrogen-bond donors (Lipinski definition) is 1. The van der Waals surface area contributed by atoms with Crippen molar-refractivity contribution in [1.82, 2.24) is 0 Å². The number of nitrogens with zero attached hydrogens (tertiary/aromatic N) is 1. The van der Waals surface area contributed by atoms with Crippen LogP contribution >= 0.6 is 12.6 Å². The Morgan fingerprint density at radius 1 is 1.38 bits per heavy atom. The molecule has 0 saturated heterocycles. The number of thiol groups is 1. The molecule has 0 atom stereocenters. The molecule has 0 aliphatic rings. The Kier molecular flexibility index (Phi) is 5.30. The van der Waals surface area contributed by atoms with Crippen LogP contribution in [0.3, 0.4) is 0 Å². The van der Waals surface area contributed by atoms with E-state index in [1.807, 2.05) is 18.2 Å². The summed E-state index contributed by atoms with van der Waals surface area (Å²) in [5.74, 6) is 1.89. The third-order valence-electron chi connectivity index (χ3n) is 1.90. The number of benzene rings is 1. The van der Waals surface area contributed by atoms with Crippen molar-refractivity contribution in [2.24, 2.45) is 0 Å². The van der Waals surface area contributed by atoms with E-state index in [2.05, 4.69) is 12.6 Å². The van der Waals surface area contributed by atoms with Gasteiger partial charge in [0.1, 0.15) is 6.61 Å². The highest BCUT2D eigenvalue weighted by atomic mass is 32.1. The van der Waals surface area contributed by atoms with Gasteiger partial charge in [-0.1, -0.05) is 12.2 Å². The number of rotatable bonds is 5. The quantitative estimate of drug-likeness (QED) is 0.629.